The maximum absolute atomic E-state index is 12.7. The van der Waals surface area contributed by atoms with Crippen molar-refractivity contribution in [2.45, 2.75) is 13.8 Å². The Balaban J connectivity index is 1.44. The number of amides is 1. The average Bonchev–Trinajstić information content (AvgIpc) is 2.81. The van der Waals surface area contributed by atoms with E-state index in [1.807, 2.05) is 56.3 Å². The molecule has 172 valence electrons. The van der Waals surface area contributed by atoms with E-state index in [0.717, 1.165) is 17.1 Å². The molecule has 0 radical (unpaired) electrons. The van der Waals surface area contributed by atoms with Crippen LogP contribution in [0, 0.1) is 13.8 Å². The van der Waals surface area contributed by atoms with E-state index in [2.05, 4.69) is 25.9 Å². The summed E-state index contributed by atoms with van der Waals surface area (Å²) in [4.78, 5) is 21.7. The Morgan fingerprint density at radius 2 is 1.47 bits per heavy atom. The van der Waals surface area contributed by atoms with Crippen LogP contribution in [0.4, 0.5) is 28.8 Å². The molecule has 1 aromatic heterocycles. The Hall–Kier alpha value is -4.10. The van der Waals surface area contributed by atoms with E-state index in [1.54, 1.807) is 30.3 Å². The van der Waals surface area contributed by atoms with Gasteiger partial charge >= 0.3 is 0 Å². The molecule has 4 aromatic rings. The molecule has 0 aliphatic rings. The minimum Gasteiger partial charge on any atom is -0.496 e. The molecule has 3 N–H and O–H groups in total. The number of aryl methyl sites for hydroxylation is 2. The fraction of sp³-hybridized carbons (Fsp3) is 0.115. The number of hydrogen-bond acceptors (Lipinski definition) is 6. The minimum atomic E-state index is -0.307. The van der Waals surface area contributed by atoms with E-state index in [-0.39, 0.29) is 5.91 Å². The smallest absolute Gasteiger partial charge is 0.259 e. The number of carbonyl (C=O) groups excluding carboxylic acids is 1. The van der Waals surface area contributed by atoms with Gasteiger partial charge in [-0.2, -0.15) is 4.98 Å². The maximum atomic E-state index is 12.7. The van der Waals surface area contributed by atoms with Crippen LogP contribution < -0.4 is 20.7 Å². The van der Waals surface area contributed by atoms with E-state index >= 15 is 0 Å². The standard InChI is InChI=1S/C26H24ClN5O2/c1-16-4-7-21(8-5-16)31-26-28-17(2)14-24(32-26)29-19-9-11-20(12-10-19)30-25(33)22-15-18(27)6-13-23(22)34-3/h4-15H,1-3H3,(H,30,33)(H2,28,29,31,32). The fourth-order valence-electron chi connectivity index (χ4n) is 3.30. The summed E-state index contributed by atoms with van der Waals surface area (Å²) in [5.41, 5.74) is 4.74. The van der Waals surface area contributed by atoms with Gasteiger partial charge in [-0.15, -0.1) is 0 Å². The van der Waals surface area contributed by atoms with Gasteiger partial charge in [-0.3, -0.25) is 4.79 Å². The topological polar surface area (TPSA) is 88.2 Å². The average molecular weight is 474 g/mol. The zero-order chi connectivity index (χ0) is 24.1. The van der Waals surface area contributed by atoms with E-state index in [0.29, 0.717) is 33.8 Å². The Morgan fingerprint density at radius 3 is 2.18 bits per heavy atom. The summed E-state index contributed by atoms with van der Waals surface area (Å²) < 4.78 is 5.26. The number of nitrogens with one attached hydrogen (secondary N) is 3. The molecule has 0 bridgehead atoms. The van der Waals surface area contributed by atoms with Gasteiger partial charge in [0, 0.05) is 33.8 Å². The summed E-state index contributed by atoms with van der Waals surface area (Å²) in [6.07, 6.45) is 0. The fourth-order valence-corrected chi connectivity index (χ4v) is 3.47. The van der Waals surface area contributed by atoms with Crippen LogP contribution in [-0.2, 0) is 0 Å². The predicted molar refractivity (Wildman–Crippen MR) is 137 cm³/mol. The van der Waals surface area contributed by atoms with Crippen molar-refractivity contribution in [1.82, 2.24) is 9.97 Å². The third kappa shape index (κ3) is 5.82. The molecule has 1 heterocycles. The van der Waals surface area contributed by atoms with Gasteiger partial charge in [0.25, 0.3) is 5.91 Å². The molecule has 3 aromatic carbocycles. The van der Waals surface area contributed by atoms with Crippen molar-refractivity contribution < 1.29 is 9.53 Å². The number of hydrogen-bond donors (Lipinski definition) is 3. The van der Waals surface area contributed by atoms with Crippen LogP contribution >= 0.6 is 11.6 Å². The molecular formula is C26H24ClN5O2. The Morgan fingerprint density at radius 1 is 0.824 bits per heavy atom. The van der Waals surface area contributed by atoms with Gasteiger partial charge in [0.1, 0.15) is 11.6 Å². The van der Waals surface area contributed by atoms with E-state index in [1.165, 1.54) is 12.7 Å². The lowest BCUT2D eigenvalue weighted by atomic mass is 10.1. The molecule has 8 heteroatoms. The number of aromatic nitrogens is 2. The van der Waals surface area contributed by atoms with Crippen molar-refractivity contribution in [3.8, 4) is 5.75 Å². The zero-order valence-electron chi connectivity index (χ0n) is 19.0. The third-order valence-electron chi connectivity index (χ3n) is 4.98. The maximum Gasteiger partial charge on any atom is 0.259 e. The second kappa shape index (κ2) is 10.2. The first-order valence-corrected chi connectivity index (χ1v) is 11.0. The van der Waals surface area contributed by atoms with Crippen molar-refractivity contribution in [3.05, 3.63) is 94.6 Å². The highest BCUT2D eigenvalue weighted by Gasteiger charge is 2.13. The highest BCUT2D eigenvalue weighted by atomic mass is 35.5. The summed E-state index contributed by atoms with van der Waals surface area (Å²) in [6, 6.07) is 22.1. The van der Waals surface area contributed by atoms with Crippen molar-refractivity contribution in [2.24, 2.45) is 0 Å². The number of ether oxygens (including phenoxy) is 1. The molecule has 0 saturated heterocycles. The predicted octanol–water partition coefficient (Wildman–Crippen LogP) is 6.49. The van der Waals surface area contributed by atoms with E-state index in [9.17, 15) is 4.79 Å². The SMILES string of the molecule is COc1ccc(Cl)cc1C(=O)Nc1ccc(Nc2cc(C)nc(Nc3ccc(C)cc3)n2)cc1. The third-order valence-corrected chi connectivity index (χ3v) is 5.22. The lowest BCUT2D eigenvalue weighted by molar-refractivity contribution is 0.102. The molecule has 0 aliphatic heterocycles. The summed E-state index contributed by atoms with van der Waals surface area (Å²) >= 11 is 6.03. The van der Waals surface area contributed by atoms with Crippen LogP contribution in [-0.4, -0.2) is 23.0 Å². The lowest BCUT2D eigenvalue weighted by Crippen LogP contribution is -2.13. The molecule has 7 nitrogen and oxygen atoms in total. The normalized spacial score (nSPS) is 10.5. The number of anilines is 5. The molecular weight excluding hydrogens is 450 g/mol. The molecule has 0 spiro atoms. The van der Waals surface area contributed by atoms with Crippen LogP contribution in [0.1, 0.15) is 21.6 Å². The highest BCUT2D eigenvalue weighted by Crippen LogP contribution is 2.25. The number of nitrogens with zero attached hydrogens (tertiary/aromatic N) is 2. The minimum absolute atomic E-state index is 0.307. The van der Waals surface area contributed by atoms with Gasteiger partial charge in [-0.25, -0.2) is 4.98 Å². The number of methoxy groups -OCH3 is 1. The van der Waals surface area contributed by atoms with Crippen LogP contribution in [0.5, 0.6) is 5.75 Å². The largest absolute Gasteiger partial charge is 0.496 e. The van der Waals surface area contributed by atoms with Crippen molar-refractivity contribution in [3.63, 3.8) is 0 Å². The summed E-state index contributed by atoms with van der Waals surface area (Å²) in [5.74, 6) is 1.31. The molecule has 0 unspecified atom stereocenters. The van der Waals surface area contributed by atoms with Gasteiger partial charge in [-0.05, 0) is 68.4 Å². The molecule has 0 saturated carbocycles. The molecule has 0 atom stereocenters. The summed E-state index contributed by atoms with van der Waals surface area (Å²) in [5, 5.41) is 9.82. The first kappa shape index (κ1) is 23.1. The molecule has 1 amide bonds. The second-order valence-corrected chi connectivity index (χ2v) is 8.15. The first-order valence-electron chi connectivity index (χ1n) is 10.6. The molecule has 0 aliphatic carbocycles. The molecule has 34 heavy (non-hydrogen) atoms. The Bertz CT molecular complexity index is 1310. The summed E-state index contributed by atoms with van der Waals surface area (Å²) in [6.45, 7) is 3.95. The van der Waals surface area contributed by atoms with Crippen LogP contribution in [0.3, 0.4) is 0 Å². The van der Waals surface area contributed by atoms with Gasteiger partial charge < -0.3 is 20.7 Å². The van der Waals surface area contributed by atoms with Gasteiger partial charge in [-0.1, -0.05) is 29.3 Å². The summed E-state index contributed by atoms with van der Waals surface area (Å²) in [7, 11) is 1.51. The van der Waals surface area contributed by atoms with Gasteiger partial charge in [0.05, 0.1) is 12.7 Å². The number of carbonyl (C=O) groups is 1. The molecule has 0 fully saturated rings. The van der Waals surface area contributed by atoms with Crippen molar-refractivity contribution in [1.29, 1.82) is 0 Å². The first-order chi connectivity index (χ1) is 16.4. The Kier molecular flexibility index (Phi) is 6.94. The Labute approximate surface area is 203 Å². The van der Waals surface area contributed by atoms with Gasteiger partial charge in [0.15, 0.2) is 0 Å². The van der Waals surface area contributed by atoms with Gasteiger partial charge in [0.2, 0.25) is 5.95 Å². The van der Waals surface area contributed by atoms with E-state index < -0.39 is 0 Å². The number of benzene rings is 3. The van der Waals surface area contributed by atoms with Crippen molar-refractivity contribution >= 4 is 46.3 Å². The van der Waals surface area contributed by atoms with Crippen LogP contribution in [0.2, 0.25) is 5.02 Å². The van der Waals surface area contributed by atoms with Crippen LogP contribution in [0.15, 0.2) is 72.8 Å². The number of halogens is 1. The second-order valence-electron chi connectivity index (χ2n) is 7.71. The van der Waals surface area contributed by atoms with E-state index in [4.69, 9.17) is 16.3 Å². The quantitative estimate of drug-likeness (QED) is 0.284. The monoisotopic (exact) mass is 473 g/mol. The van der Waals surface area contributed by atoms with Crippen LogP contribution in [0.25, 0.3) is 0 Å². The zero-order valence-corrected chi connectivity index (χ0v) is 19.8. The van der Waals surface area contributed by atoms with Crippen molar-refractivity contribution in [2.75, 3.05) is 23.1 Å². The molecule has 4 rings (SSSR count). The highest BCUT2D eigenvalue weighted by molar-refractivity contribution is 6.31. The lowest BCUT2D eigenvalue weighted by Gasteiger charge is -2.12. The number of rotatable bonds is 7.